The van der Waals surface area contributed by atoms with E-state index in [-0.39, 0.29) is 23.9 Å². The van der Waals surface area contributed by atoms with E-state index in [1.54, 1.807) is 12.1 Å². The molecule has 2 N–H and O–H groups in total. The molecule has 0 aromatic heterocycles. The fourth-order valence-electron chi connectivity index (χ4n) is 1.94. The van der Waals surface area contributed by atoms with Crippen LogP contribution in [-0.4, -0.2) is 12.3 Å². The van der Waals surface area contributed by atoms with Gasteiger partial charge in [0.25, 0.3) is 0 Å². The zero-order valence-electron chi connectivity index (χ0n) is 10.7. The number of ketones is 1. The monoisotopic (exact) mass is 315 g/mol. The summed E-state index contributed by atoms with van der Waals surface area (Å²) in [4.78, 5) is 12.1. The molecule has 18 heavy (non-hydrogen) atoms. The molecule has 0 heterocycles. The summed E-state index contributed by atoms with van der Waals surface area (Å²) in [7, 11) is 0. The first-order valence-electron chi connectivity index (χ1n) is 6.10. The van der Waals surface area contributed by atoms with Crippen LogP contribution in [0.25, 0.3) is 0 Å². The quantitative estimate of drug-likeness (QED) is 0.875. The maximum absolute atomic E-state index is 13.6. The van der Waals surface area contributed by atoms with Crippen molar-refractivity contribution >= 4 is 21.7 Å². The van der Waals surface area contributed by atoms with Crippen molar-refractivity contribution < 1.29 is 9.18 Å². The molecule has 0 aliphatic heterocycles. The van der Waals surface area contributed by atoms with E-state index in [1.165, 1.54) is 6.07 Å². The highest BCUT2D eigenvalue weighted by molar-refractivity contribution is 9.10. The molecule has 1 aromatic rings. The number of hydrogen-bond acceptors (Lipinski definition) is 2. The smallest absolute Gasteiger partial charge is 0.141 e. The Morgan fingerprint density at radius 1 is 1.44 bits per heavy atom. The molecule has 0 radical (unpaired) electrons. The van der Waals surface area contributed by atoms with E-state index in [1.807, 2.05) is 0 Å². The highest BCUT2D eigenvalue weighted by Gasteiger charge is 2.19. The molecule has 0 aliphatic rings. The van der Waals surface area contributed by atoms with Crippen LogP contribution in [0.1, 0.15) is 25.8 Å². The van der Waals surface area contributed by atoms with Crippen LogP contribution < -0.4 is 5.73 Å². The topological polar surface area (TPSA) is 43.1 Å². The molecule has 0 saturated carbocycles. The second-order valence-corrected chi connectivity index (χ2v) is 5.86. The van der Waals surface area contributed by atoms with Gasteiger partial charge in [-0.25, -0.2) is 4.39 Å². The number of hydrogen-bond donors (Lipinski definition) is 1. The van der Waals surface area contributed by atoms with Crippen molar-refractivity contribution in [3.8, 4) is 0 Å². The molecule has 1 aromatic carbocycles. The molecule has 0 amide bonds. The number of nitrogens with two attached hydrogens (primary N) is 1. The SMILES string of the molecule is CC(C)CC(CN)C(=O)Cc1cc(Br)ccc1F. The third kappa shape index (κ3) is 4.50. The van der Waals surface area contributed by atoms with Gasteiger partial charge in [0.1, 0.15) is 11.6 Å². The maximum atomic E-state index is 13.6. The Morgan fingerprint density at radius 2 is 2.11 bits per heavy atom. The minimum Gasteiger partial charge on any atom is -0.330 e. The lowest BCUT2D eigenvalue weighted by Gasteiger charge is -2.16. The summed E-state index contributed by atoms with van der Waals surface area (Å²) in [5.41, 5.74) is 6.05. The van der Waals surface area contributed by atoms with E-state index in [0.717, 1.165) is 10.9 Å². The molecule has 0 bridgehead atoms. The predicted molar refractivity (Wildman–Crippen MR) is 74.8 cm³/mol. The fourth-order valence-corrected chi connectivity index (χ4v) is 2.35. The first-order chi connectivity index (χ1) is 8.43. The third-order valence-electron chi connectivity index (χ3n) is 2.87. The van der Waals surface area contributed by atoms with E-state index < -0.39 is 0 Å². The summed E-state index contributed by atoms with van der Waals surface area (Å²) in [6.45, 7) is 4.43. The van der Waals surface area contributed by atoms with Crippen LogP contribution in [0.3, 0.4) is 0 Å². The average Bonchev–Trinajstić information content (AvgIpc) is 2.30. The van der Waals surface area contributed by atoms with Crippen molar-refractivity contribution in [3.05, 3.63) is 34.1 Å². The van der Waals surface area contributed by atoms with Gasteiger partial charge in [0.2, 0.25) is 0 Å². The van der Waals surface area contributed by atoms with E-state index >= 15 is 0 Å². The Bertz CT molecular complexity index is 420. The molecule has 1 rings (SSSR count). The molecular formula is C14H19BrFNO. The minimum atomic E-state index is -0.341. The Hall–Kier alpha value is -0.740. The third-order valence-corrected chi connectivity index (χ3v) is 3.36. The standard InChI is InChI=1S/C14H19BrFNO/c1-9(2)5-11(8-17)14(18)7-10-6-12(15)3-4-13(10)16/h3-4,6,9,11H,5,7-8,17H2,1-2H3. The molecular weight excluding hydrogens is 297 g/mol. The van der Waals surface area contributed by atoms with Crippen LogP contribution in [0.4, 0.5) is 4.39 Å². The number of Topliss-reactive ketones (excluding diaryl/α,β-unsaturated/α-hetero) is 1. The lowest BCUT2D eigenvalue weighted by atomic mass is 9.90. The van der Waals surface area contributed by atoms with Crippen LogP contribution in [0.2, 0.25) is 0 Å². The van der Waals surface area contributed by atoms with Crippen molar-refractivity contribution in [3.63, 3.8) is 0 Å². The molecule has 2 nitrogen and oxygen atoms in total. The summed E-state index contributed by atoms with van der Waals surface area (Å²) in [6, 6.07) is 4.64. The van der Waals surface area contributed by atoms with Gasteiger partial charge in [0, 0.05) is 23.4 Å². The van der Waals surface area contributed by atoms with Crippen molar-refractivity contribution in [2.45, 2.75) is 26.7 Å². The zero-order chi connectivity index (χ0) is 13.7. The molecule has 0 aliphatic carbocycles. The van der Waals surface area contributed by atoms with Crippen molar-refractivity contribution in [1.29, 1.82) is 0 Å². The molecule has 100 valence electrons. The van der Waals surface area contributed by atoms with Crippen LogP contribution in [-0.2, 0) is 11.2 Å². The van der Waals surface area contributed by atoms with Crippen molar-refractivity contribution in [1.82, 2.24) is 0 Å². The van der Waals surface area contributed by atoms with Crippen LogP contribution in [0.15, 0.2) is 22.7 Å². The first kappa shape index (κ1) is 15.3. The van der Waals surface area contributed by atoms with Gasteiger partial charge in [-0.05, 0) is 36.1 Å². The van der Waals surface area contributed by atoms with E-state index in [0.29, 0.717) is 18.0 Å². The number of carbonyl (C=O) groups excluding carboxylic acids is 1. The van der Waals surface area contributed by atoms with E-state index in [4.69, 9.17) is 5.73 Å². The van der Waals surface area contributed by atoms with E-state index in [2.05, 4.69) is 29.8 Å². The summed E-state index contributed by atoms with van der Waals surface area (Å²) in [5, 5.41) is 0. The highest BCUT2D eigenvalue weighted by atomic mass is 79.9. The van der Waals surface area contributed by atoms with E-state index in [9.17, 15) is 9.18 Å². The first-order valence-corrected chi connectivity index (χ1v) is 6.90. The lowest BCUT2D eigenvalue weighted by molar-refractivity contribution is -0.122. The zero-order valence-corrected chi connectivity index (χ0v) is 12.3. The molecule has 4 heteroatoms. The summed E-state index contributed by atoms with van der Waals surface area (Å²) in [5.74, 6) is -0.0895. The molecule has 1 unspecified atom stereocenters. The lowest BCUT2D eigenvalue weighted by Crippen LogP contribution is -2.26. The number of halogens is 2. The predicted octanol–water partition coefficient (Wildman–Crippen LogP) is 3.32. The van der Waals surface area contributed by atoms with Gasteiger partial charge in [-0.2, -0.15) is 0 Å². The summed E-state index contributed by atoms with van der Waals surface area (Å²) >= 11 is 3.28. The van der Waals surface area contributed by atoms with Crippen molar-refractivity contribution in [2.24, 2.45) is 17.6 Å². The van der Waals surface area contributed by atoms with Crippen molar-refractivity contribution in [2.75, 3.05) is 6.54 Å². The van der Waals surface area contributed by atoms with Gasteiger partial charge in [-0.3, -0.25) is 4.79 Å². The van der Waals surface area contributed by atoms with Gasteiger partial charge in [-0.1, -0.05) is 29.8 Å². The second-order valence-electron chi connectivity index (χ2n) is 4.94. The van der Waals surface area contributed by atoms with Crippen LogP contribution >= 0.6 is 15.9 Å². The van der Waals surface area contributed by atoms with Gasteiger partial charge in [-0.15, -0.1) is 0 Å². The molecule has 0 saturated heterocycles. The maximum Gasteiger partial charge on any atom is 0.141 e. The Labute approximate surface area is 116 Å². The Balaban J connectivity index is 2.76. The average molecular weight is 316 g/mol. The molecule has 0 spiro atoms. The largest absolute Gasteiger partial charge is 0.330 e. The number of benzene rings is 1. The van der Waals surface area contributed by atoms with Gasteiger partial charge in [0.05, 0.1) is 0 Å². The summed E-state index contributed by atoms with van der Waals surface area (Å²) in [6.07, 6.45) is 0.866. The Morgan fingerprint density at radius 3 is 2.67 bits per heavy atom. The second kappa shape index (κ2) is 7.00. The molecule has 0 fully saturated rings. The summed E-state index contributed by atoms with van der Waals surface area (Å²) < 4.78 is 14.3. The van der Waals surface area contributed by atoms with Gasteiger partial charge < -0.3 is 5.73 Å². The minimum absolute atomic E-state index is 0.0169. The number of carbonyl (C=O) groups is 1. The fraction of sp³-hybridized carbons (Fsp3) is 0.500. The van der Waals surface area contributed by atoms with Gasteiger partial charge in [0.15, 0.2) is 0 Å². The van der Waals surface area contributed by atoms with Gasteiger partial charge >= 0.3 is 0 Å². The highest BCUT2D eigenvalue weighted by Crippen LogP contribution is 2.19. The Kier molecular flexibility index (Phi) is 5.96. The molecule has 1 atom stereocenters. The van der Waals surface area contributed by atoms with Crippen LogP contribution in [0.5, 0.6) is 0 Å². The normalized spacial score (nSPS) is 12.8. The van der Waals surface area contributed by atoms with Crippen LogP contribution in [0, 0.1) is 17.7 Å². The number of rotatable bonds is 6.